The van der Waals surface area contributed by atoms with E-state index in [0.717, 1.165) is 10.4 Å². The summed E-state index contributed by atoms with van der Waals surface area (Å²) in [5, 5.41) is 2.75. The van der Waals surface area contributed by atoms with Crippen molar-refractivity contribution < 1.29 is 28.6 Å². The van der Waals surface area contributed by atoms with Crippen LogP contribution in [0.5, 0.6) is 0 Å². The number of carbonyl (C=O) groups is 3. The second kappa shape index (κ2) is 8.18. The van der Waals surface area contributed by atoms with Crippen LogP contribution < -0.4 is 11.1 Å². The molecule has 1 aliphatic rings. The summed E-state index contributed by atoms with van der Waals surface area (Å²) >= 11 is 1.19. The van der Waals surface area contributed by atoms with Crippen LogP contribution in [0.3, 0.4) is 0 Å². The van der Waals surface area contributed by atoms with Crippen LogP contribution >= 0.6 is 11.3 Å². The molecule has 0 saturated carbocycles. The highest BCUT2D eigenvalue weighted by Crippen LogP contribution is 2.38. The van der Waals surface area contributed by atoms with Gasteiger partial charge in [0.2, 0.25) is 0 Å². The molecule has 1 aromatic heterocycles. The number of anilines is 1. The summed E-state index contributed by atoms with van der Waals surface area (Å²) in [4.78, 5) is 38.0. The number of nitrogens with one attached hydrogen (secondary N) is 1. The number of hydrogen-bond acceptors (Lipinski definition) is 8. The second-order valence-corrected chi connectivity index (χ2v) is 9.64. The fourth-order valence-electron chi connectivity index (χ4n) is 2.59. The summed E-state index contributed by atoms with van der Waals surface area (Å²) in [6, 6.07) is 0. The number of carbonyl (C=O) groups excluding carboxylic acids is 3. The van der Waals surface area contributed by atoms with Gasteiger partial charge < -0.3 is 25.3 Å². The number of esters is 2. The van der Waals surface area contributed by atoms with E-state index in [1.807, 2.05) is 0 Å². The van der Waals surface area contributed by atoms with Crippen molar-refractivity contribution in [2.75, 3.05) is 11.9 Å². The monoisotopic (exact) mass is 412 g/mol. The van der Waals surface area contributed by atoms with Crippen molar-refractivity contribution in [3.8, 4) is 0 Å². The van der Waals surface area contributed by atoms with Gasteiger partial charge in [0, 0.05) is 17.8 Å². The lowest BCUT2D eigenvalue weighted by atomic mass is 10.0. The molecule has 0 aromatic carbocycles. The smallest absolute Gasteiger partial charge is 0.397 e. The zero-order valence-electron chi connectivity index (χ0n) is 17.1. The number of rotatable bonds is 3. The van der Waals surface area contributed by atoms with E-state index in [1.54, 1.807) is 41.5 Å². The highest BCUT2D eigenvalue weighted by molar-refractivity contribution is 7.17. The Morgan fingerprint density at radius 2 is 1.75 bits per heavy atom. The molecule has 1 aliphatic heterocycles. The molecule has 156 valence electrons. The number of hydrogen-bond donors (Lipinski definition) is 2. The van der Waals surface area contributed by atoms with Gasteiger partial charge in [-0.1, -0.05) is 0 Å². The normalized spacial score (nSPS) is 16.9. The van der Waals surface area contributed by atoms with Gasteiger partial charge >= 0.3 is 17.8 Å². The van der Waals surface area contributed by atoms with E-state index in [9.17, 15) is 14.4 Å². The number of amides is 1. The van der Waals surface area contributed by atoms with Crippen LogP contribution in [-0.4, -0.2) is 41.7 Å². The van der Waals surface area contributed by atoms with Gasteiger partial charge in [-0.3, -0.25) is 4.79 Å². The van der Waals surface area contributed by atoms with Gasteiger partial charge in [0.25, 0.3) is 0 Å². The molecule has 0 radical (unpaired) electrons. The minimum absolute atomic E-state index is 0.224. The molecule has 0 saturated heterocycles. The van der Waals surface area contributed by atoms with Crippen molar-refractivity contribution in [1.29, 1.82) is 0 Å². The minimum atomic E-state index is -1.02. The first-order valence-corrected chi connectivity index (χ1v) is 9.86. The largest absolute Gasteiger partial charge is 0.456 e. The van der Waals surface area contributed by atoms with Crippen LogP contribution in [0.4, 0.5) is 5.00 Å². The molecule has 8 nitrogen and oxygen atoms in total. The third-order valence-electron chi connectivity index (χ3n) is 3.65. The highest BCUT2D eigenvalue weighted by atomic mass is 32.1. The first-order valence-electron chi connectivity index (χ1n) is 9.04. The summed E-state index contributed by atoms with van der Waals surface area (Å²) in [5.74, 6) is -2.54. The molecule has 1 aromatic rings. The molecule has 1 amide bonds. The number of thiophene rings is 1. The predicted molar refractivity (Wildman–Crippen MR) is 105 cm³/mol. The van der Waals surface area contributed by atoms with Crippen LogP contribution in [0, 0.1) is 0 Å². The molecule has 0 aliphatic carbocycles. The van der Waals surface area contributed by atoms with Gasteiger partial charge in [-0.2, -0.15) is 0 Å². The molecule has 1 unspecified atom stereocenters. The van der Waals surface area contributed by atoms with Gasteiger partial charge in [-0.15, -0.1) is 11.3 Å². The van der Waals surface area contributed by atoms with Crippen molar-refractivity contribution >= 4 is 34.2 Å². The van der Waals surface area contributed by atoms with E-state index in [1.165, 1.54) is 11.3 Å². The highest BCUT2D eigenvalue weighted by Gasteiger charge is 2.33. The molecular weight excluding hydrogens is 384 g/mol. The van der Waals surface area contributed by atoms with E-state index in [2.05, 4.69) is 5.32 Å². The van der Waals surface area contributed by atoms with Crippen LogP contribution in [0.15, 0.2) is 0 Å². The fourth-order valence-corrected chi connectivity index (χ4v) is 3.72. The van der Waals surface area contributed by atoms with Crippen molar-refractivity contribution in [2.24, 2.45) is 5.73 Å². The maximum Gasteiger partial charge on any atom is 0.397 e. The summed E-state index contributed by atoms with van der Waals surface area (Å²) in [7, 11) is 0. The Hall–Kier alpha value is -1.97. The van der Waals surface area contributed by atoms with E-state index >= 15 is 0 Å². The number of nitrogens with two attached hydrogens (primary N) is 1. The lowest BCUT2D eigenvalue weighted by molar-refractivity contribution is -0.161. The predicted octanol–water partition coefficient (Wildman–Crippen LogP) is 2.38. The molecule has 2 rings (SSSR count). The van der Waals surface area contributed by atoms with Gasteiger partial charge in [0.05, 0.1) is 18.3 Å². The maximum absolute atomic E-state index is 12.8. The molecule has 3 N–H and O–H groups in total. The molecule has 1 atom stereocenters. The quantitative estimate of drug-likeness (QED) is 0.578. The SMILES string of the molecule is CC(C)(C)OC(=O)C(=O)Nc1sc2c(c1C(=O)OC(C)(C)C)CC(CN)OC2. The number of ether oxygens (including phenoxy) is 3. The third-order valence-corrected chi connectivity index (χ3v) is 4.77. The van der Waals surface area contributed by atoms with Crippen molar-refractivity contribution in [3.05, 3.63) is 16.0 Å². The van der Waals surface area contributed by atoms with Crippen LogP contribution in [-0.2, 0) is 36.8 Å². The Kier molecular flexibility index (Phi) is 6.52. The van der Waals surface area contributed by atoms with Crippen LogP contribution in [0.1, 0.15) is 62.3 Å². The molecular formula is C19H28N2O6S. The first-order chi connectivity index (χ1) is 12.8. The van der Waals surface area contributed by atoms with Crippen LogP contribution in [0.2, 0.25) is 0 Å². The summed E-state index contributed by atoms with van der Waals surface area (Å²) in [5.41, 5.74) is 5.17. The average Bonchev–Trinajstić information content (AvgIpc) is 2.88. The van der Waals surface area contributed by atoms with E-state index in [0.29, 0.717) is 13.0 Å². The Morgan fingerprint density at radius 3 is 2.29 bits per heavy atom. The zero-order chi connectivity index (χ0) is 21.3. The Labute approximate surface area is 168 Å². The van der Waals surface area contributed by atoms with Gasteiger partial charge in [-0.25, -0.2) is 9.59 Å². The van der Waals surface area contributed by atoms with Gasteiger partial charge in [-0.05, 0) is 47.1 Å². The molecule has 0 fully saturated rings. The maximum atomic E-state index is 12.8. The average molecular weight is 413 g/mol. The minimum Gasteiger partial charge on any atom is -0.456 e. The fraction of sp³-hybridized carbons (Fsp3) is 0.632. The molecule has 0 bridgehead atoms. The number of fused-ring (bicyclic) bond motifs is 1. The molecule has 0 spiro atoms. The van der Waals surface area contributed by atoms with Crippen molar-refractivity contribution in [1.82, 2.24) is 0 Å². The summed E-state index contributed by atoms with van der Waals surface area (Å²) in [6.45, 7) is 10.9. The summed E-state index contributed by atoms with van der Waals surface area (Å²) in [6.07, 6.45) is 0.205. The van der Waals surface area contributed by atoms with Crippen LogP contribution in [0.25, 0.3) is 0 Å². The Balaban J connectivity index is 2.35. The zero-order valence-corrected chi connectivity index (χ0v) is 18.0. The Morgan fingerprint density at radius 1 is 1.14 bits per heavy atom. The van der Waals surface area contributed by atoms with Crippen molar-refractivity contribution in [2.45, 2.75) is 71.9 Å². The Bertz CT molecular complexity index is 773. The lowest BCUT2D eigenvalue weighted by Crippen LogP contribution is -2.33. The third kappa shape index (κ3) is 5.76. The van der Waals surface area contributed by atoms with Gasteiger partial charge in [0.15, 0.2) is 0 Å². The molecule has 9 heteroatoms. The van der Waals surface area contributed by atoms with Gasteiger partial charge in [0.1, 0.15) is 16.2 Å². The van der Waals surface area contributed by atoms with E-state index in [4.69, 9.17) is 19.9 Å². The lowest BCUT2D eigenvalue weighted by Gasteiger charge is -2.24. The summed E-state index contributed by atoms with van der Waals surface area (Å²) < 4.78 is 16.2. The van der Waals surface area contributed by atoms with Crippen molar-refractivity contribution in [3.63, 3.8) is 0 Å². The standard InChI is InChI=1S/C19H28N2O6S/c1-18(2,3)26-16(23)13-11-7-10(8-20)25-9-12(11)28-15(13)21-14(22)17(24)27-19(4,5)6/h10H,7-9,20H2,1-6H3,(H,21,22). The first kappa shape index (κ1) is 22.3. The molecule has 28 heavy (non-hydrogen) atoms. The van der Waals surface area contributed by atoms with E-state index in [-0.39, 0.29) is 23.3 Å². The van der Waals surface area contributed by atoms with E-state index < -0.39 is 29.0 Å². The topological polar surface area (TPSA) is 117 Å². The molecule has 2 heterocycles. The second-order valence-electron chi connectivity index (χ2n) is 8.54.